The molecule has 0 aromatic heterocycles. The smallest absolute Gasteiger partial charge is 0.212 e. The Morgan fingerprint density at radius 1 is 1.45 bits per heavy atom. The van der Waals surface area contributed by atoms with Gasteiger partial charge in [-0.25, -0.2) is 13.1 Å². The summed E-state index contributed by atoms with van der Waals surface area (Å²) in [5.74, 6) is 0.663. The molecular weight excluding hydrogens is 281 g/mol. The Labute approximate surface area is 119 Å². The van der Waals surface area contributed by atoms with Crippen molar-refractivity contribution in [2.45, 2.75) is 32.2 Å². The number of ether oxygens (including phenoxy) is 1. The zero-order valence-electron chi connectivity index (χ0n) is 11.6. The molecule has 1 aliphatic rings. The highest BCUT2D eigenvalue weighted by Crippen LogP contribution is 2.37. The van der Waals surface area contributed by atoms with Crippen molar-refractivity contribution >= 4 is 10.0 Å². The topological polar surface area (TPSA) is 55.4 Å². The van der Waals surface area contributed by atoms with Gasteiger partial charge in [0.15, 0.2) is 0 Å². The van der Waals surface area contributed by atoms with Gasteiger partial charge in [-0.2, -0.15) is 0 Å². The molecule has 0 aliphatic heterocycles. The first-order valence-corrected chi connectivity index (χ1v) is 8.53. The van der Waals surface area contributed by atoms with Crippen molar-refractivity contribution in [2.75, 3.05) is 19.0 Å². The predicted octanol–water partition coefficient (Wildman–Crippen LogP) is 2.35. The fourth-order valence-electron chi connectivity index (χ4n) is 2.55. The molecule has 1 atom stereocenters. The molecule has 112 valence electrons. The molecule has 0 fully saturated rings. The Bertz CT molecular complexity index is 560. The van der Waals surface area contributed by atoms with E-state index in [2.05, 4.69) is 4.72 Å². The molecule has 0 saturated heterocycles. The first-order chi connectivity index (χ1) is 9.57. The lowest BCUT2D eigenvalue weighted by Crippen LogP contribution is -2.29. The summed E-state index contributed by atoms with van der Waals surface area (Å²) in [5.41, 5.74) is 2.05. The van der Waals surface area contributed by atoms with Crippen LogP contribution in [0, 0.1) is 0 Å². The highest BCUT2D eigenvalue weighted by Gasteiger charge is 2.28. The second-order valence-corrected chi connectivity index (χ2v) is 6.70. The molecule has 0 heterocycles. The van der Waals surface area contributed by atoms with Crippen LogP contribution in [0.25, 0.3) is 0 Å². The number of fused-ring (bicyclic) bond motifs is 1. The van der Waals surface area contributed by atoms with Gasteiger partial charge in [0.1, 0.15) is 5.75 Å². The summed E-state index contributed by atoms with van der Waals surface area (Å²) in [6.45, 7) is 1.89. The zero-order valence-corrected chi connectivity index (χ0v) is 12.4. The summed E-state index contributed by atoms with van der Waals surface area (Å²) < 4.78 is 44.0. The molecule has 0 bridgehead atoms. The average Bonchev–Trinajstić information content (AvgIpc) is 2.81. The molecule has 1 aromatic rings. The summed E-state index contributed by atoms with van der Waals surface area (Å²) in [6, 6.07) is 5.48. The molecular formula is C14H20FNO3S. The van der Waals surface area contributed by atoms with E-state index in [1.807, 2.05) is 25.1 Å². The highest BCUT2D eigenvalue weighted by atomic mass is 32.2. The van der Waals surface area contributed by atoms with Gasteiger partial charge in [0, 0.05) is 6.04 Å². The van der Waals surface area contributed by atoms with Gasteiger partial charge in [0.2, 0.25) is 10.0 Å². The van der Waals surface area contributed by atoms with E-state index in [1.165, 1.54) is 0 Å². The molecule has 20 heavy (non-hydrogen) atoms. The van der Waals surface area contributed by atoms with Crippen LogP contribution in [0.3, 0.4) is 0 Å². The minimum absolute atomic E-state index is 0.0356. The van der Waals surface area contributed by atoms with Crippen molar-refractivity contribution in [2.24, 2.45) is 0 Å². The van der Waals surface area contributed by atoms with E-state index >= 15 is 0 Å². The van der Waals surface area contributed by atoms with Gasteiger partial charge in [-0.05, 0) is 43.4 Å². The molecule has 2 rings (SSSR count). The van der Waals surface area contributed by atoms with Gasteiger partial charge in [-0.3, -0.25) is 4.39 Å². The third-order valence-corrected chi connectivity index (χ3v) is 4.87. The first kappa shape index (κ1) is 15.3. The molecule has 0 saturated carbocycles. The third kappa shape index (κ3) is 3.49. The van der Waals surface area contributed by atoms with Gasteiger partial charge in [-0.15, -0.1) is 0 Å². The molecule has 1 N–H and O–H groups in total. The Hall–Kier alpha value is -1.14. The molecule has 6 heteroatoms. The van der Waals surface area contributed by atoms with Crippen molar-refractivity contribution in [1.82, 2.24) is 4.72 Å². The van der Waals surface area contributed by atoms with Crippen molar-refractivity contribution < 1.29 is 17.5 Å². The monoisotopic (exact) mass is 301 g/mol. The maximum absolute atomic E-state index is 12.1. The minimum Gasteiger partial charge on any atom is -0.494 e. The lowest BCUT2D eigenvalue weighted by Gasteiger charge is -2.15. The zero-order chi connectivity index (χ0) is 14.6. The number of hydrogen-bond donors (Lipinski definition) is 1. The second kappa shape index (κ2) is 6.54. The molecule has 1 aromatic carbocycles. The lowest BCUT2D eigenvalue weighted by molar-refractivity contribution is 0.337. The number of sulfonamides is 1. The van der Waals surface area contributed by atoms with E-state index in [4.69, 9.17) is 4.74 Å². The van der Waals surface area contributed by atoms with Crippen molar-refractivity contribution in [3.05, 3.63) is 29.3 Å². The van der Waals surface area contributed by atoms with Crippen LogP contribution >= 0.6 is 0 Å². The Balaban J connectivity index is 2.14. The van der Waals surface area contributed by atoms with Gasteiger partial charge in [0.05, 0.1) is 19.0 Å². The van der Waals surface area contributed by atoms with Gasteiger partial charge in [-0.1, -0.05) is 12.1 Å². The fraction of sp³-hybridized carbons (Fsp3) is 0.571. The molecule has 0 amide bonds. The standard InChI is InChI=1S/C14H20FNO3S/c1-2-19-14-6-3-5-11-12(14)7-8-13(11)16-20(17,18)10-4-9-15/h3,5-6,13,16H,2,4,7-10H2,1H3/t13-/m0/s1. The van der Waals surface area contributed by atoms with Crippen LogP contribution in [0.2, 0.25) is 0 Å². The van der Waals surface area contributed by atoms with E-state index in [9.17, 15) is 12.8 Å². The highest BCUT2D eigenvalue weighted by molar-refractivity contribution is 7.89. The van der Waals surface area contributed by atoms with Crippen LogP contribution in [0.15, 0.2) is 18.2 Å². The van der Waals surface area contributed by atoms with Crippen LogP contribution in [0.5, 0.6) is 5.75 Å². The van der Waals surface area contributed by atoms with Crippen LogP contribution in [0.1, 0.15) is 36.9 Å². The number of benzene rings is 1. The summed E-state index contributed by atoms with van der Waals surface area (Å²) in [4.78, 5) is 0. The number of nitrogens with one attached hydrogen (secondary N) is 1. The van der Waals surface area contributed by atoms with E-state index in [0.29, 0.717) is 13.0 Å². The van der Waals surface area contributed by atoms with Crippen LogP contribution in [-0.2, 0) is 16.4 Å². The SMILES string of the molecule is CCOc1cccc2c1CC[C@@H]2NS(=O)(=O)CCCF. The number of hydrogen-bond acceptors (Lipinski definition) is 3. The Kier molecular flexibility index (Phi) is 4.99. The van der Waals surface area contributed by atoms with E-state index < -0.39 is 16.7 Å². The number of rotatable bonds is 7. The third-order valence-electron chi connectivity index (χ3n) is 3.40. The van der Waals surface area contributed by atoms with Crippen molar-refractivity contribution in [3.8, 4) is 5.75 Å². The maximum Gasteiger partial charge on any atom is 0.212 e. The van der Waals surface area contributed by atoms with E-state index in [-0.39, 0.29) is 18.2 Å². The average molecular weight is 301 g/mol. The second-order valence-electron chi connectivity index (χ2n) is 4.83. The molecule has 0 unspecified atom stereocenters. The maximum atomic E-state index is 12.1. The van der Waals surface area contributed by atoms with Crippen LogP contribution < -0.4 is 9.46 Å². The van der Waals surface area contributed by atoms with Gasteiger partial charge in [0.25, 0.3) is 0 Å². The van der Waals surface area contributed by atoms with Gasteiger partial charge >= 0.3 is 0 Å². The minimum atomic E-state index is -3.43. The molecule has 1 aliphatic carbocycles. The first-order valence-electron chi connectivity index (χ1n) is 6.88. The summed E-state index contributed by atoms with van der Waals surface area (Å²) in [6.07, 6.45) is 1.55. The van der Waals surface area contributed by atoms with Crippen LogP contribution in [-0.4, -0.2) is 27.5 Å². The number of halogens is 1. The van der Waals surface area contributed by atoms with Crippen molar-refractivity contribution in [1.29, 1.82) is 0 Å². The predicted molar refractivity (Wildman–Crippen MR) is 76.2 cm³/mol. The molecule has 0 spiro atoms. The lowest BCUT2D eigenvalue weighted by atomic mass is 10.1. The van der Waals surface area contributed by atoms with Crippen LogP contribution in [0.4, 0.5) is 4.39 Å². The quantitative estimate of drug-likeness (QED) is 0.841. The van der Waals surface area contributed by atoms with Gasteiger partial charge < -0.3 is 4.74 Å². The summed E-state index contributed by atoms with van der Waals surface area (Å²) in [5, 5.41) is 0. The molecule has 4 nitrogen and oxygen atoms in total. The fourth-order valence-corrected chi connectivity index (χ4v) is 3.84. The summed E-state index contributed by atoms with van der Waals surface area (Å²) in [7, 11) is -3.43. The molecule has 0 radical (unpaired) electrons. The van der Waals surface area contributed by atoms with E-state index in [1.54, 1.807) is 0 Å². The van der Waals surface area contributed by atoms with Crippen molar-refractivity contribution in [3.63, 3.8) is 0 Å². The Morgan fingerprint density at radius 2 is 2.25 bits per heavy atom. The van der Waals surface area contributed by atoms with E-state index in [0.717, 1.165) is 23.3 Å². The largest absolute Gasteiger partial charge is 0.494 e. The Morgan fingerprint density at radius 3 is 2.95 bits per heavy atom. The normalized spacial score (nSPS) is 18.0. The summed E-state index contributed by atoms with van der Waals surface area (Å²) >= 11 is 0. The number of alkyl halides is 1.